The van der Waals surface area contributed by atoms with Crippen LogP contribution in [-0.4, -0.2) is 10.9 Å². The first kappa shape index (κ1) is 14.3. The molecule has 1 aromatic carbocycles. The Morgan fingerprint density at radius 2 is 2.04 bits per heavy atom. The highest BCUT2D eigenvalue weighted by molar-refractivity contribution is 5.80. The summed E-state index contributed by atoms with van der Waals surface area (Å²) in [5.41, 5.74) is 2.50. The predicted octanol–water partition coefficient (Wildman–Crippen LogP) is 3.86. The Labute approximate surface area is 134 Å². The van der Waals surface area contributed by atoms with Gasteiger partial charge in [-0.15, -0.1) is 0 Å². The standard InChI is InChI=1S/C19H19NO3/c1-13-4-7-17-14(10-19(21)23-18(17)9-13)11-20(15-5-6-15)12-16-3-2-8-22-16/h2-4,7-10,15H,5-6,11-12H2,1H3. The van der Waals surface area contributed by atoms with Crippen LogP contribution >= 0.6 is 0 Å². The molecular formula is C19H19NO3. The van der Waals surface area contributed by atoms with Gasteiger partial charge in [-0.2, -0.15) is 0 Å². The van der Waals surface area contributed by atoms with Gasteiger partial charge in [-0.05, 0) is 49.1 Å². The van der Waals surface area contributed by atoms with E-state index < -0.39 is 0 Å². The Bertz CT molecular complexity index is 875. The molecule has 0 bridgehead atoms. The summed E-state index contributed by atoms with van der Waals surface area (Å²) in [5, 5.41) is 1.01. The topological polar surface area (TPSA) is 46.6 Å². The molecule has 1 saturated carbocycles. The van der Waals surface area contributed by atoms with E-state index in [9.17, 15) is 4.79 Å². The molecule has 23 heavy (non-hydrogen) atoms. The third-order valence-electron chi connectivity index (χ3n) is 4.36. The van der Waals surface area contributed by atoms with E-state index in [0.29, 0.717) is 11.6 Å². The third-order valence-corrected chi connectivity index (χ3v) is 4.36. The summed E-state index contributed by atoms with van der Waals surface area (Å²) >= 11 is 0. The summed E-state index contributed by atoms with van der Waals surface area (Å²) < 4.78 is 10.8. The van der Waals surface area contributed by atoms with Crippen molar-refractivity contribution in [3.8, 4) is 0 Å². The van der Waals surface area contributed by atoms with E-state index in [2.05, 4.69) is 11.0 Å². The van der Waals surface area contributed by atoms with Crippen molar-refractivity contribution >= 4 is 11.0 Å². The number of hydrogen-bond acceptors (Lipinski definition) is 4. The van der Waals surface area contributed by atoms with Crippen molar-refractivity contribution in [1.82, 2.24) is 4.90 Å². The zero-order valence-corrected chi connectivity index (χ0v) is 13.1. The van der Waals surface area contributed by atoms with Crippen LogP contribution in [0.4, 0.5) is 0 Å². The fourth-order valence-electron chi connectivity index (χ4n) is 3.04. The summed E-state index contributed by atoms with van der Waals surface area (Å²) in [7, 11) is 0. The molecule has 0 saturated heterocycles. The summed E-state index contributed by atoms with van der Waals surface area (Å²) in [6, 6.07) is 12.1. The molecular weight excluding hydrogens is 290 g/mol. The number of benzene rings is 1. The Balaban J connectivity index is 1.68. The van der Waals surface area contributed by atoms with Crippen molar-refractivity contribution in [1.29, 1.82) is 0 Å². The Morgan fingerprint density at radius 3 is 2.78 bits per heavy atom. The smallest absolute Gasteiger partial charge is 0.336 e. The van der Waals surface area contributed by atoms with E-state index in [1.165, 1.54) is 12.8 Å². The van der Waals surface area contributed by atoms with Crippen molar-refractivity contribution in [2.45, 2.75) is 38.9 Å². The van der Waals surface area contributed by atoms with Gasteiger partial charge >= 0.3 is 5.63 Å². The molecule has 3 aromatic rings. The normalized spacial score (nSPS) is 14.7. The fourth-order valence-corrected chi connectivity index (χ4v) is 3.04. The second-order valence-electron chi connectivity index (χ2n) is 6.31. The van der Waals surface area contributed by atoms with Gasteiger partial charge in [-0.1, -0.05) is 12.1 Å². The molecule has 2 aromatic heterocycles. The number of fused-ring (bicyclic) bond motifs is 1. The molecule has 1 fully saturated rings. The van der Waals surface area contributed by atoms with Crippen molar-refractivity contribution in [2.75, 3.05) is 0 Å². The third kappa shape index (κ3) is 3.08. The summed E-state index contributed by atoms with van der Waals surface area (Å²) in [6.07, 6.45) is 4.12. The molecule has 4 nitrogen and oxygen atoms in total. The summed E-state index contributed by atoms with van der Waals surface area (Å²) in [5.74, 6) is 0.958. The van der Waals surface area contributed by atoms with E-state index in [-0.39, 0.29) is 5.63 Å². The van der Waals surface area contributed by atoms with Crippen molar-refractivity contribution in [2.24, 2.45) is 0 Å². The lowest BCUT2D eigenvalue weighted by Gasteiger charge is -2.21. The Hall–Kier alpha value is -2.33. The number of hydrogen-bond donors (Lipinski definition) is 0. The van der Waals surface area contributed by atoms with Crippen LogP contribution in [0.25, 0.3) is 11.0 Å². The first-order valence-electron chi connectivity index (χ1n) is 7.99. The van der Waals surface area contributed by atoms with Gasteiger partial charge in [0, 0.05) is 24.0 Å². The van der Waals surface area contributed by atoms with Gasteiger partial charge in [0.25, 0.3) is 0 Å². The van der Waals surface area contributed by atoms with Gasteiger partial charge in [0.15, 0.2) is 0 Å². The highest BCUT2D eigenvalue weighted by atomic mass is 16.4. The molecule has 1 aliphatic carbocycles. The molecule has 2 heterocycles. The van der Waals surface area contributed by atoms with Gasteiger partial charge in [-0.3, -0.25) is 4.90 Å². The van der Waals surface area contributed by atoms with Crippen molar-refractivity contribution in [3.63, 3.8) is 0 Å². The molecule has 0 atom stereocenters. The molecule has 0 unspecified atom stereocenters. The number of furan rings is 1. The van der Waals surface area contributed by atoms with Crippen LogP contribution in [0.2, 0.25) is 0 Å². The molecule has 0 radical (unpaired) electrons. The van der Waals surface area contributed by atoms with Crippen LogP contribution in [0.3, 0.4) is 0 Å². The van der Waals surface area contributed by atoms with Crippen molar-refractivity contribution < 1.29 is 8.83 Å². The minimum absolute atomic E-state index is 0.285. The second-order valence-corrected chi connectivity index (χ2v) is 6.31. The maximum atomic E-state index is 11.9. The lowest BCUT2D eigenvalue weighted by molar-refractivity contribution is 0.225. The zero-order valence-electron chi connectivity index (χ0n) is 13.1. The van der Waals surface area contributed by atoms with Gasteiger partial charge < -0.3 is 8.83 Å². The van der Waals surface area contributed by atoms with Crippen LogP contribution in [0.15, 0.2) is 56.3 Å². The first-order valence-corrected chi connectivity index (χ1v) is 7.99. The Morgan fingerprint density at radius 1 is 1.17 bits per heavy atom. The Kier molecular flexibility index (Phi) is 3.54. The molecule has 4 heteroatoms. The molecule has 0 N–H and O–H groups in total. The average molecular weight is 309 g/mol. The van der Waals surface area contributed by atoms with Crippen LogP contribution in [0, 0.1) is 6.92 Å². The fraction of sp³-hybridized carbons (Fsp3) is 0.316. The van der Waals surface area contributed by atoms with E-state index >= 15 is 0 Å². The molecule has 118 valence electrons. The van der Waals surface area contributed by atoms with Crippen LogP contribution in [0.1, 0.15) is 29.7 Å². The van der Waals surface area contributed by atoms with E-state index in [4.69, 9.17) is 8.83 Å². The van der Waals surface area contributed by atoms with E-state index in [0.717, 1.165) is 35.4 Å². The number of nitrogens with zero attached hydrogens (tertiary/aromatic N) is 1. The lowest BCUT2D eigenvalue weighted by atomic mass is 10.1. The van der Waals surface area contributed by atoms with Gasteiger partial charge in [0.05, 0.1) is 12.8 Å². The highest BCUT2D eigenvalue weighted by Gasteiger charge is 2.30. The lowest BCUT2D eigenvalue weighted by Crippen LogP contribution is -2.25. The average Bonchev–Trinajstić information content (AvgIpc) is 3.24. The largest absolute Gasteiger partial charge is 0.468 e. The molecule has 1 aliphatic rings. The maximum Gasteiger partial charge on any atom is 0.336 e. The minimum Gasteiger partial charge on any atom is -0.468 e. The van der Waals surface area contributed by atoms with Crippen LogP contribution in [-0.2, 0) is 13.1 Å². The number of aryl methyl sites for hydroxylation is 1. The van der Waals surface area contributed by atoms with Gasteiger partial charge in [0.2, 0.25) is 0 Å². The van der Waals surface area contributed by atoms with Gasteiger partial charge in [-0.25, -0.2) is 4.79 Å². The summed E-state index contributed by atoms with van der Waals surface area (Å²) in [6.45, 7) is 3.50. The molecule has 0 spiro atoms. The molecule has 0 aliphatic heterocycles. The second kappa shape index (κ2) is 5.70. The van der Waals surface area contributed by atoms with Gasteiger partial charge in [0.1, 0.15) is 11.3 Å². The first-order chi connectivity index (χ1) is 11.2. The van der Waals surface area contributed by atoms with Crippen LogP contribution in [0.5, 0.6) is 0 Å². The maximum absolute atomic E-state index is 11.9. The minimum atomic E-state index is -0.285. The van der Waals surface area contributed by atoms with Crippen molar-refractivity contribution in [3.05, 3.63) is 70.0 Å². The van der Waals surface area contributed by atoms with Crippen LogP contribution < -0.4 is 5.63 Å². The SMILES string of the molecule is Cc1ccc2c(CN(Cc3ccco3)C3CC3)cc(=O)oc2c1. The monoisotopic (exact) mass is 309 g/mol. The number of rotatable bonds is 5. The molecule has 4 rings (SSSR count). The van der Waals surface area contributed by atoms with E-state index in [1.807, 2.05) is 31.2 Å². The summed E-state index contributed by atoms with van der Waals surface area (Å²) in [4.78, 5) is 14.3. The molecule has 0 amide bonds. The highest BCUT2D eigenvalue weighted by Crippen LogP contribution is 2.31. The predicted molar refractivity (Wildman–Crippen MR) is 88.2 cm³/mol. The quantitative estimate of drug-likeness (QED) is 0.671. The van der Waals surface area contributed by atoms with E-state index in [1.54, 1.807) is 12.3 Å². The zero-order chi connectivity index (χ0) is 15.8.